The highest BCUT2D eigenvalue weighted by atomic mass is 16.4. The van der Waals surface area contributed by atoms with Crippen LogP contribution < -0.4 is 22.5 Å². The molecule has 3 atom stereocenters. The molecule has 8 N–H and O–H groups in total. The Morgan fingerprint density at radius 2 is 1.42 bits per heavy atom. The van der Waals surface area contributed by atoms with E-state index in [4.69, 9.17) is 11.5 Å². The van der Waals surface area contributed by atoms with Crippen molar-refractivity contribution in [2.45, 2.75) is 134 Å². The fourth-order valence-corrected chi connectivity index (χ4v) is 3.17. The van der Waals surface area contributed by atoms with E-state index in [0.29, 0.717) is 43.1 Å². The van der Waals surface area contributed by atoms with Crippen molar-refractivity contribution in [3.63, 3.8) is 0 Å². The molecular weight excluding hydrogens is 476 g/mol. The summed E-state index contributed by atoms with van der Waals surface area (Å²) in [7, 11) is 1.50. The van der Waals surface area contributed by atoms with Crippen molar-refractivity contribution in [1.82, 2.24) is 5.32 Å². The van der Waals surface area contributed by atoms with E-state index in [1.54, 1.807) is 0 Å². The average molecular weight is 545 g/mol. The second-order valence-corrected chi connectivity index (χ2v) is 10.9. The molecule has 0 saturated heterocycles. The van der Waals surface area contributed by atoms with E-state index in [-0.39, 0.29) is 24.4 Å². The minimum absolute atomic E-state index is 0.0445. The number of carboxylic acid groups (broad SMARTS) is 1. The van der Waals surface area contributed by atoms with E-state index in [2.05, 4.69) is 65.8 Å². The zero-order valence-corrected chi connectivity index (χ0v) is 27.6. The quantitative estimate of drug-likeness (QED) is 0.164. The normalized spacial score (nSPS) is 12.6. The van der Waals surface area contributed by atoms with Crippen LogP contribution in [-0.2, 0) is 9.59 Å². The van der Waals surface area contributed by atoms with Gasteiger partial charge in [-0.15, -0.1) is 6.58 Å². The molecule has 0 bridgehead atoms. The monoisotopic (exact) mass is 545 g/mol. The lowest BCUT2D eigenvalue weighted by Gasteiger charge is -2.39. The fourth-order valence-electron chi connectivity index (χ4n) is 3.17. The second-order valence-electron chi connectivity index (χ2n) is 10.9. The number of nitrogens with one attached hydrogen (secondary N) is 1. The van der Waals surface area contributed by atoms with Crippen LogP contribution in [0.3, 0.4) is 0 Å². The SMILES string of the molecule is C=C(C)CC(C)(C)C(C)(C)C.C=C(CC)CC(CC(=O)NC(CCN)CC(C)N)C(=O)O.CC.CC.CN. The number of rotatable bonds is 13. The Morgan fingerprint density at radius 1 is 0.974 bits per heavy atom. The van der Waals surface area contributed by atoms with Crippen molar-refractivity contribution in [3.05, 3.63) is 24.3 Å². The zero-order valence-electron chi connectivity index (χ0n) is 27.6. The van der Waals surface area contributed by atoms with Gasteiger partial charge in [-0.1, -0.05) is 87.0 Å². The maximum absolute atomic E-state index is 12.0. The Morgan fingerprint density at radius 3 is 1.68 bits per heavy atom. The molecule has 7 heteroatoms. The third-order valence-corrected chi connectivity index (χ3v) is 6.13. The average Bonchev–Trinajstić information content (AvgIpc) is 2.81. The summed E-state index contributed by atoms with van der Waals surface area (Å²) >= 11 is 0. The molecule has 1 amide bonds. The number of carbonyl (C=O) groups is 2. The first kappa shape index (κ1) is 46.2. The minimum atomic E-state index is -0.970. The molecule has 0 radical (unpaired) electrons. The number of carbonyl (C=O) groups excluding carboxylic acids is 1. The molecule has 0 spiro atoms. The van der Waals surface area contributed by atoms with Crippen LogP contribution in [0.15, 0.2) is 24.3 Å². The highest BCUT2D eigenvalue weighted by Crippen LogP contribution is 2.42. The van der Waals surface area contributed by atoms with Gasteiger partial charge in [-0.05, 0) is 70.4 Å². The summed E-state index contributed by atoms with van der Waals surface area (Å²) < 4.78 is 0. The van der Waals surface area contributed by atoms with Crippen LogP contribution in [0.1, 0.15) is 122 Å². The molecule has 0 aromatic rings. The predicted molar refractivity (Wildman–Crippen MR) is 169 cm³/mol. The van der Waals surface area contributed by atoms with Crippen molar-refractivity contribution in [3.8, 4) is 0 Å². The summed E-state index contributed by atoms with van der Waals surface area (Å²) in [5.41, 5.74) is 18.6. The van der Waals surface area contributed by atoms with Gasteiger partial charge in [0.15, 0.2) is 0 Å². The smallest absolute Gasteiger partial charge is 0.307 e. The molecule has 0 aliphatic rings. The molecule has 0 rings (SSSR count). The number of hydrogen-bond donors (Lipinski definition) is 5. The van der Waals surface area contributed by atoms with Crippen LogP contribution in [0.5, 0.6) is 0 Å². The van der Waals surface area contributed by atoms with Gasteiger partial charge in [0, 0.05) is 18.5 Å². The first-order valence-corrected chi connectivity index (χ1v) is 14.3. The van der Waals surface area contributed by atoms with E-state index in [1.165, 1.54) is 12.6 Å². The molecule has 7 nitrogen and oxygen atoms in total. The number of nitrogens with two attached hydrogens (primary N) is 3. The highest BCUT2D eigenvalue weighted by molar-refractivity contribution is 5.82. The third kappa shape index (κ3) is 27.3. The summed E-state index contributed by atoms with van der Waals surface area (Å²) in [6.07, 6.45) is 3.37. The molecule has 38 heavy (non-hydrogen) atoms. The van der Waals surface area contributed by atoms with E-state index in [0.717, 1.165) is 12.0 Å². The van der Waals surface area contributed by atoms with Crippen molar-refractivity contribution in [2.75, 3.05) is 13.6 Å². The number of aliphatic carboxylic acids is 1. The van der Waals surface area contributed by atoms with Crippen molar-refractivity contribution < 1.29 is 14.7 Å². The van der Waals surface area contributed by atoms with Crippen LogP contribution in [0.2, 0.25) is 0 Å². The summed E-state index contributed by atoms with van der Waals surface area (Å²) in [4.78, 5) is 23.2. The van der Waals surface area contributed by atoms with E-state index >= 15 is 0 Å². The Hall–Kier alpha value is -1.70. The minimum Gasteiger partial charge on any atom is -0.481 e. The van der Waals surface area contributed by atoms with Crippen LogP contribution in [0.25, 0.3) is 0 Å². The number of amides is 1. The predicted octanol–water partition coefficient (Wildman–Crippen LogP) is 6.66. The Balaban J connectivity index is -0.000000179. The molecule has 0 aromatic carbocycles. The lowest BCUT2D eigenvalue weighted by atomic mass is 9.66. The molecule has 0 fully saturated rings. The molecule has 3 unspecified atom stereocenters. The lowest BCUT2D eigenvalue weighted by Crippen LogP contribution is -2.41. The first-order valence-electron chi connectivity index (χ1n) is 14.3. The van der Waals surface area contributed by atoms with E-state index < -0.39 is 11.9 Å². The molecule has 0 aromatic heterocycles. The summed E-state index contributed by atoms with van der Waals surface area (Å²) in [5.74, 6) is -1.97. The van der Waals surface area contributed by atoms with Gasteiger partial charge in [-0.25, -0.2) is 0 Å². The second kappa shape index (κ2) is 26.9. The standard InChI is InChI=1S/C15H29N3O3.C11H22.2C2H6.CH5N/c1-4-10(2)7-12(15(20)21)9-14(19)18-13(5-6-16)8-11(3)17;1-9(2)8-11(6,7)10(3,4)5;3*1-2/h11-13H,2,4-9,16-17H2,1,3H3,(H,18,19)(H,20,21);1,8H2,2-7H3;2*1-2H3;2H2,1H3. The lowest BCUT2D eigenvalue weighted by molar-refractivity contribution is -0.144. The van der Waals surface area contributed by atoms with Gasteiger partial charge >= 0.3 is 5.97 Å². The first-order chi connectivity index (χ1) is 17.5. The van der Waals surface area contributed by atoms with Gasteiger partial charge in [0.05, 0.1) is 5.92 Å². The van der Waals surface area contributed by atoms with Gasteiger partial charge in [0.2, 0.25) is 5.91 Å². The Labute approximate surface area is 237 Å². The van der Waals surface area contributed by atoms with Crippen LogP contribution >= 0.6 is 0 Å². The number of hydrogen-bond acceptors (Lipinski definition) is 5. The van der Waals surface area contributed by atoms with Crippen LogP contribution in [0, 0.1) is 16.7 Å². The molecule has 0 heterocycles. The van der Waals surface area contributed by atoms with Crippen molar-refractivity contribution in [2.24, 2.45) is 33.9 Å². The molecule has 230 valence electrons. The topological polar surface area (TPSA) is 144 Å². The molecular formula is C31H68N4O3. The van der Waals surface area contributed by atoms with Crippen molar-refractivity contribution >= 4 is 11.9 Å². The van der Waals surface area contributed by atoms with Gasteiger partial charge < -0.3 is 27.6 Å². The van der Waals surface area contributed by atoms with Crippen LogP contribution in [0.4, 0.5) is 0 Å². The molecule has 0 saturated carbocycles. The summed E-state index contributed by atoms with van der Waals surface area (Å²) in [5, 5.41) is 12.0. The molecule has 0 aliphatic carbocycles. The largest absolute Gasteiger partial charge is 0.481 e. The van der Waals surface area contributed by atoms with E-state index in [9.17, 15) is 14.7 Å². The number of allylic oxidation sites excluding steroid dienone is 2. The van der Waals surface area contributed by atoms with E-state index in [1.807, 2.05) is 41.5 Å². The fraction of sp³-hybridized carbons (Fsp3) is 0.806. The van der Waals surface area contributed by atoms with Gasteiger partial charge in [-0.2, -0.15) is 0 Å². The Kier molecular flexibility index (Phi) is 32.7. The van der Waals surface area contributed by atoms with Crippen molar-refractivity contribution in [1.29, 1.82) is 0 Å². The highest BCUT2D eigenvalue weighted by Gasteiger charge is 2.32. The maximum atomic E-state index is 12.0. The summed E-state index contributed by atoms with van der Waals surface area (Å²) in [6.45, 7) is 33.6. The van der Waals surface area contributed by atoms with Crippen LogP contribution in [-0.4, -0.2) is 42.7 Å². The molecule has 0 aliphatic heterocycles. The van der Waals surface area contributed by atoms with Gasteiger partial charge in [0.25, 0.3) is 0 Å². The Bertz CT molecular complexity index is 609. The zero-order chi connectivity index (χ0) is 31.7. The maximum Gasteiger partial charge on any atom is 0.307 e. The summed E-state index contributed by atoms with van der Waals surface area (Å²) in [6, 6.07) is -0.150. The number of carboxylic acids is 1. The van der Waals surface area contributed by atoms with Gasteiger partial charge in [0.1, 0.15) is 0 Å². The third-order valence-electron chi connectivity index (χ3n) is 6.13. The van der Waals surface area contributed by atoms with Gasteiger partial charge in [-0.3, -0.25) is 9.59 Å².